The summed E-state index contributed by atoms with van der Waals surface area (Å²) in [4.78, 5) is 16.5. The minimum absolute atomic E-state index is 0.0590. The van der Waals surface area contributed by atoms with Crippen molar-refractivity contribution in [3.63, 3.8) is 0 Å². The van der Waals surface area contributed by atoms with Gasteiger partial charge in [-0.25, -0.2) is 0 Å². The van der Waals surface area contributed by atoms with Crippen molar-refractivity contribution >= 4 is 5.91 Å². The second-order valence-electron chi connectivity index (χ2n) is 6.76. The number of amides is 1. The Morgan fingerprint density at radius 3 is 2.64 bits per heavy atom. The number of methoxy groups -OCH3 is 1. The summed E-state index contributed by atoms with van der Waals surface area (Å²) < 4.78 is 10.4. The van der Waals surface area contributed by atoms with E-state index in [9.17, 15) is 4.79 Å². The van der Waals surface area contributed by atoms with Crippen molar-refractivity contribution < 1.29 is 14.1 Å². The van der Waals surface area contributed by atoms with Gasteiger partial charge in [0.05, 0.1) is 7.11 Å². The molecule has 1 amide bonds. The molecule has 1 aromatic carbocycles. The molecule has 0 atom stereocenters. The van der Waals surface area contributed by atoms with Crippen LogP contribution in [0.15, 0.2) is 28.8 Å². The number of nitrogens with zero attached hydrogens (tertiary/aromatic N) is 2. The molecule has 1 aromatic heterocycles. The van der Waals surface area contributed by atoms with E-state index in [1.165, 1.54) is 12.8 Å². The van der Waals surface area contributed by atoms with Gasteiger partial charge in [-0.3, -0.25) is 4.79 Å². The number of nitrogens with one attached hydrogen (secondary N) is 1. The number of benzene rings is 1. The van der Waals surface area contributed by atoms with Crippen LogP contribution in [0.1, 0.15) is 44.9 Å². The van der Waals surface area contributed by atoms with E-state index in [1.807, 2.05) is 24.3 Å². The standard InChI is InChI=1S/C19H25N3O3/c1-13-3-7-15(8-4-13)20-17(23)11-12-18-21-19(22-25-18)14-5-9-16(24-2)10-6-14/h5-6,9-10,13,15H,3-4,7-8,11-12H2,1-2H3,(H,20,23). The number of rotatable bonds is 6. The fourth-order valence-electron chi connectivity index (χ4n) is 3.14. The van der Waals surface area contributed by atoms with Crippen molar-refractivity contribution in [1.82, 2.24) is 15.5 Å². The van der Waals surface area contributed by atoms with Crippen LogP contribution in [0.2, 0.25) is 0 Å². The quantitative estimate of drug-likeness (QED) is 0.870. The van der Waals surface area contributed by atoms with Gasteiger partial charge in [-0.1, -0.05) is 12.1 Å². The molecule has 25 heavy (non-hydrogen) atoms. The Balaban J connectivity index is 1.48. The first-order valence-electron chi connectivity index (χ1n) is 8.90. The second-order valence-corrected chi connectivity index (χ2v) is 6.76. The first-order chi connectivity index (χ1) is 12.1. The molecule has 1 saturated carbocycles. The SMILES string of the molecule is COc1ccc(-c2noc(CCC(=O)NC3CCC(C)CC3)n2)cc1. The van der Waals surface area contributed by atoms with E-state index in [0.29, 0.717) is 30.6 Å². The van der Waals surface area contributed by atoms with E-state index >= 15 is 0 Å². The highest BCUT2D eigenvalue weighted by molar-refractivity contribution is 5.76. The lowest BCUT2D eigenvalue weighted by Crippen LogP contribution is -2.37. The Morgan fingerprint density at radius 1 is 1.24 bits per heavy atom. The van der Waals surface area contributed by atoms with E-state index in [-0.39, 0.29) is 5.91 Å². The van der Waals surface area contributed by atoms with Gasteiger partial charge >= 0.3 is 0 Å². The van der Waals surface area contributed by atoms with Crippen LogP contribution in [0.25, 0.3) is 11.4 Å². The predicted octanol–water partition coefficient (Wildman–Crippen LogP) is 3.37. The molecule has 0 saturated heterocycles. The zero-order valence-electron chi connectivity index (χ0n) is 14.8. The summed E-state index contributed by atoms with van der Waals surface area (Å²) in [6.45, 7) is 2.27. The van der Waals surface area contributed by atoms with E-state index in [2.05, 4.69) is 22.4 Å². The van der Waals surface area contributed by atoms with Crippen molar-refractivity contribution in [3.8, 4) is 17.1 Å². The summed E-state index contributed by atoms with van der Waals surface area (Å²) in [6.07, 6.45) is 5.37. The monoisotopic (exact) mass is 343 g/mol. The largest absolute Gasteiger partial charge is 0.497 e. The smallest absolute Gasteiger partial charge is 0.227 e. The number of hydrogen-bond donors (Lipinski definition) is 1. The molecule has 1 heterocycles. The van der Waals surface area contributed by atoms with E-state index < -0.39 is 0 Å². The minimum Gasteiger partial charge on any atom is -0.497 e. The van der Waals surface area contributed by atoms with Gasteiger partial charge in [0, 0.05) is 24.4 Å². The van der Waals surface area contributed by atoms with Gasteiger partial charge in [-0.2, -0.15) is 4.98 Å². The number of aromatic nitrogens is 2. The second kappa shape index (κ2) is 8.14. The first kappa shape index (κ1) is 17.5. The molecule has 6 nitrogen and oxygen atoms in total. The maximum atomic E-state index is 12.1. The molecular weight excluding hydrogens is 318 g/mol. The van der Waals surface area contributed by atoms with Crippen LogP contribution < -0.4 is 10.1 Å². The van der Waals surface area contributed by atoms with Gasteiger partial charge in [-0.05, 0) is 55.9 Å². The van der Waals surface area contributed by atoms with Crippen LogP contribution in [0.4, 0.5) is 0 Å². The Morgan fingerprint density at radius 2 is 1.96 bits per heavy atom. The van der Waals surface area contributed by atoms with E-state index in [4.69, 9.17) is 9.26 Å². The van der Waals surface area contributed by atoms with Gasteiger partial charge in [0.2, 0.25) is 17.6 Å². The highest BCUT2D eigenvalue weighted by Crippen LogP contribution is 2.23. The summed E-state index contributed by atoms with van der Waals surface area (Å²) in [5.74, 6) is 2.63. The van der Waals surface area contributed by atoms with Gasteiger partial charge in [-0.15, -0.1) is 0 Å². The molecule has 2 aromatic rings. The third-order valence-electron chi connectivity index (χ3n) is 4.76. The van der Waals surface area contributed by atoms with Crippen molar-refractivity contribution in [2.24, 2.45) is 5.92 Å². The topological polar surface area (TPSA) is 77.2 Å². The number of hydrogen-bond acceptors (Lipinski definition) is 5. The average molecular weight is 343 g/mol. The highest BCUT2D eigenvalue weighted by atomic mass is 16.5. The van der Waals surface area contributed by atoms with Gasteiger partial charge in [0.1, 0.15) is 5.75 Å². The molecule has 0 radical (unpaired) electrons. The summed E-state index contributed by atoms with van der Waals surface area (Å²) in [7, 11) is 1.63. The normalized spacial score (nSPS) is 20.2. The Hall–Kier alpha value is -2.37. The van der Waals surface area contributed by atoms with Crippen LogP contribution in [-0.4, -0.2) is 29.2 Å². The lowest BCUT2D eigenvalue weighted by atomic mass is 9.87. The molecule has 0 aliphatic heterocycles. The minimum atomic E-state index is 0.0590. The lowest BCUT2D eigenvalue weighted by Gasteiger charge is -2.26. The summed E-state index contributed by atoms with van der Waals surface area (Å²) in [5.41, 5.74) is 0.858. The molecule has 0 bridgehead atoms. The van der Waals surface area contributed by atoms with Crippen LogP contribution in [-0.2, 0) is 11.2 Å². The van der Waals surface area contributed by atoms with Gasteiger partial charge < -0.3 is 14.6 Å². The Kier molecular flexibility index (Phi) is 5.68. The fraction of sp³-hybridized carbons (Fsp3) is 0.526. The Bertz CT molecular complexity index is 688. The predicted molar refractivity (Wildman–Crippen MR) is 94.2 cm³/mol. The number of aryl methyl sites for hydroxylation is 1. The van der Waals surface area contributed by atoms with Crippen molar-refractivity contribution in [2.75, 3.05) is 7.11 Å². The third-order valence-corrected chi connectivity index (χ3v) is 4.76. The summed E-state index contributed by atoms with van der Waals surface area (Å²) in [6, 6.07) is 7.78. The molecule has 134 valence electrons. The van der Waals surface area contributed by atoms with Crippen LogP contribution in [0.5, 0.6) is 5.75 Å². The van der Waals surface area contributed by atoms with E-state index in [1.54, 1.807) is 7.11 Å². The molecular formula is C19H25N3O3. The van der Waals surface area contributed by atoms with Crippen molar-refractivity contribution in [1.29, 1.82) is 0 Å². The first-order valence-corrected chi connectivity index (χ1v) is 8.90. The average Bonchev–Trinajstić information content (AvgIpc) is 3.11. The van der Waals surface area contributed by atoms with Gasteiger partial charge in [0.15, 0.2) is 0 Å². The molecule has 3 rings (SSSR count). The van der Waals surface area contributed by atoms with Crippen molar-refractivity contribution in [2.45, 2.75) is 51.5 Å². The molecule has 0 unspecified atom stereocenters. The maximum absolute atomic E-state index is 12.1. The molecule has 1 aliphatic carbocycles. The third kappa shape index (κ3) is 4.81. The molecule has 1 aliphatic rings. The fourth-order valence-corrected chi connectivity index (χ4v) is 3.14. The summed E-state index contributed by atoms with van der Waals surface area (Å²) in [5, 5.41) is 7.10. The van der Waals surface area contributed by atoms with Crippen molar-refractivity contribution in [3.05, 3.63) is 30.2 Å². The van der Waals surface area contributed by atoms with Crippen LogP contribution in [0, 0.1) is 5.92 Å². The lowest BCUT2D eigenvalue weighted by molar-refractivity contribution is -0.122. The molecule has 1 fully saturated rings. The molecule has 6 heteroatoms. The summed E-state index contributed by atoms with van der Waals surface area (Å²) >= 11 is 0. The maximum Gasteiger partial charge on any atom is 0.227 e. The zero-order chi connectivity index (χ0) is 17.6. The van der Waals surface area contributed by atoms with E-state index in [0.717, 1.165) is 30.1 Å². The number of carbonyl (C=O) groups is 1. The zero-order valence-corrected chi connectivity index (χ0v) is 14.8. The van der Waals surface area contributed by atoms with Gasteiger partial charge in [0.25, 0.3) is 0 Å². The Labute approximate surface area is 148 Å². The number of carbonyl (C=O) groups excluding carboxylic acids is 1. The molecule has 1 N–H and O–H groups in total. The van der Waals surface area contributed by atoms with Crippen LogP contribution in [0.3, 0.4) is 0 Å². The number of ether oxygens (including phenoxy) is 1. The highest BCUT2D eigenvalue weighted by Gasteiger charge is 2.20. The van der Waals surface area contributed by atoms with Crippen LogP contribution >= 0.6 is 0 Å². The molecule has 0 spiro atoms.